The maximum absolute atomic E-state index is 12.1. The van der Waals surface area contributed by atoms with Crippen molar-refractivity contribution in [3.05, 3.63) is 52.4 Å². The molecular weight excluding hydrogens is 296 g/mol. The van der Waals surface area contributed by atoms with Crippen molar-refractivity contribution in [1.29, 1.82) is 0 Å². The molecule has 0 N–H and O–H groups in total. The molecule has 2 aromatic rings. The number of benzene rings is 1. The fourth-order valence-electron chi connectivity index (χ4n) is 1.67. The summed E-state index contributed by atoms with van der Waals surface area (Å²) in [5, 5.41) is 0. The fraction of sp³-hybridized carbons (Fsp3) is 0.214. The van der Waals surface area contributed by atoms with E-state index in [0.29, 0.717) is 21.9 Å². The van der Waals surface area contributed by atoms with E-state index in [0.717, 1.165) is 18.6 Å². The maximum atomic E-state index is 12.1. The molecule has 1 fully saturated rings. The van der Waals surface area contributed by atoms with E-state index in [1.165, 1.54) is 6.26 Å². The number of carbonyl (C=O) groups excluding carboxylic acids is 1. The Labute approximate surface area is 113 Å². The second-order valence-electron chi connectivity index (χ2n) is 4.28. The summed E-state index contributed by atoms with van der Waals surface area (Å²) in [6.45, 7) is 0. The quantitative estimate of drug-likeness (QED) is 0.806. The van der Waals surface area contributed by atoms with Crippen LogP contribution in [0, 0.1) is 0 Å². The molecule has 0 spiro atoms. The molecule has 3 nitrogen and oxygen atoms in total. The number of hydrogen-bond acceptors (Lipinski definition) is 3. The number of rotatable bonds is 4. The zero-order valence-electron chi connectivity index (χ0n) is 9.56. The largest absolute Gasteiger partial charge is 0.490 e. The van der Waals surface area contributed by atoms with Gasteiger partial charge in [0.1, 0.15) is 5.75 Å². The Balaban J connectivity index is 1.79. The van der Waals surface area contributed by atoms with E-state index in [9.17, 15) is 4.79 Å². The topological polar surface area (TPSA) is 39.4 Å². The van der Waals surface area contributed by atoms with Gasteiger partial charge in [0, 0.05) is 5.56 Å². The van der Waals surface area contributed by atoms with Crippen molar-refractivity contribution in [3.8, 4) is 5.75 Å². The Morgan fingerprint density at radius 1 is 1.22 bits per heavy atom. The van der Waals surface area contributed by atoms with Crippen molar-refractivity contribution in [1.82, 2.24) is 0 Å². The predicted octanol–water partition coefficient (Wildman–Crippen LogP) is 3.81. The molecule has 1 saturated carbocycles. The summed E-state index contributed by atoms with van der Waals surface area (Å²) in [5.41, 5.74) is 1.16. The van der Waals surface area contributed by atoms with Gasteiger partial charge in [-0.3, -0.25) is 4.79 Å². The summed E-state index contributed by atoms with van der Waals surface area (Å²) in [4.78, 5) is 12.1. The van der Waals surface area contributed by atoms with Gasteiger partial charge in [0.2, 0.25) is 0 Å². The lowest BCUT2D eigenvalue weighted by Gasteiger charge is -2.04. The summed E-state index contributed by atoms with van der Waals surface area (Å²) in [5.74, 6) is 0.758. The van der Waals surface area contributed by atoms with Crippen molar-refractivity contribution in [2.75, 3.05) is 0 Å². The van der Waals surface area contributed by atoms with E-state index < -0.39 is 0 Å². The number of ether oxygens (including phenoxy) is 1. The van der Waals surface area contributed by atoms with Crippen LogP contribution in [0.15, 0.2) is 45.7 Å². The lowest BCUT2D eigenvalue weighted by molar-refractivity contribution is 0.103. The average molecular weight is 307 g/mol. The molecule has 1 aliphatic rings. The van der Waals surface area contributed by atoms with Crippen LogP contribution in [0.5, 0.6) is 5.75 Å². The second kappa shape index (κ2) is 4.61. The van der Waals surface area contributed by atoms with Crippen LogP contribution < -0.4 is 4.74 Å². The number of furan rings is 1. The van der Waals surface area contributed by atoms with Crippen LogP contribution in [-0.2, 0) is 0 Å². The summed E-state index contributed by atoms with van der Waals surface area (Å²) < 4.78 is 11.2. The van der Waals surface area contributed by atoms with E-state index in [1.807, 2.05) is 12.1 Å². The third-order valence-corrected chi connectivity index (χ3v) is 3.42. The summed E-state index contributed by atoms with van der Waals surface area (Å²) in [7, 11) is 0. The molecule has 0 saturated heterocycles. The van der Waals surface area contributed by atoms with Gasteiger partial charge in [-0.05, 0) is 59.1 Å². The molecule has 1 heterocycles. The van der Waals surface area contributed by atoms with Gasteiger partial charge in [0.25, 0.3) is 0 Å². The summed E-state index contributed by atoms with van der Waals surface area (Å²) >= 11 is 3.21. The Morgan fingerprint density at radius 3 is 2.50 bits per heavy atom. The highest BCUT2D eigenvalue weighted by atomic mass is 79.9. The van der Waals surface area contributed by atoms with Crippen LogP contribution in [0.25, 0.3) is 0 Å². The van der Waals surface area contributed by atoms with Gasteiger partial charge in [-0.15, -0.1) is 0 Å². The average Bonchev–Trinajstić information content (AvgIpc) is 3.09. The van der Waals surface area contributed by atoms with E-state index in [2.05, 4.69) is 15.9 Å². The number of hydrogen-bond donors (Lipinski definition) is 0. The first-order chi connectivity index (χ1) is 8.74. The first kappa shape index (κ1) is 11.5. The molecule has 1 aromatic carbocycles. The smallest absolute Gasteiger partial charge is 0.197 e. The lowest BCUT2D eigenvalue weighted by Crippen LogP contribution is -2.01. The van der Waals surface area contributed by atoms with Gasteiger partial charge >= 0.3 is 0 Å². The highest BCUT2D eigenvalue weighted by Gasteiger charge is 2.23. The number of ketones is 1. The Bertz CT molecular complexity index is 567. The molecule has 0 radical (unpaired) electrons. The van der Waals surface area contributed by atoms with Crippen molar-refractivity contribution in [2.45, 2.75) is 18.9 Å². The molecule has 18 heavy (non-hydrogen) atoms. The zero-order valence-corrected chi connectivity index (χ0v) is 11.1. The van der Waals surface area contributed by atoms with Crippen molar-refractivity contribution >= 4 is 21.7 Å². The Morgan fingerprint density at radius 2 is 1.94 bits per heavy atom. The van der Waals surface area contributed by atoms with Crippen molar-refractivity contribution < 1.29 is 13.9 Å². The molecule has 0 unspecified atom stereocenters. The number of carbonyl (C=O) groups is 1. The van der Waals surface area contributed by atoms with Gasteiger partial charge in [0.05, 0.1) is 17.9 Å². The van der Waals surface area contributed by atoms with Crippen LogP contribution in [0.1, 0.15) is 28.8 Å². The second-order valence-corrected chi connectivity index (χ2v) is 5.00. The van der Waals surface area contributed by atoms with E-state index in [4.69, 9.17) is 9.15 Å². The normalized spacial score (nSPS) is 14.5. The number of halogens is 1. The molecule has 4 heteroatoms. The summed E-state index contributed by atoms with van der Waals surface area (Å²) in [6, 6.07) is 8.87. The van der Waals surface area contributed by atoms with Gasteiger partial charge < -0.3 is 9.15 Å². The van der Waals surface area contributed by atoms with Crippen molar-refractivity contribution in [2.24, 2.45) is 0 Å². The molecule has 92 valence electrons. The summed E-state index contributed by atoms with van der Waals surface area (Å²) in [6.07, 6.45) is 4.11. The molecule has 0 bridgehead atoms. The van der Waals surface area contributed by atoms with Gasteiger partial charge in [-0.25, -0.2) is 0 Å². The van der Waals surface area contributed by atoms with Crippen molar-refractivity contribution in [3.63, 3.8) is 0 Å². The Hall–Kier alpha value is -1.55. The van der Waals surface area contributed by atoms with Gasteiger partial charge in [-0.2, -0.15) is 0 Å². The van der Waals surface area contributed by atoms with Crippen LogP contribution in [0.2, 0.25) is 0 Å². The van der Waals surface area contributed by atoms with E-state index in [-0.39, 0.29) is 5.78 Å². The van der Waals surface area contributed by atoms with Gasteiger partial charge in [-0.1, -0.05) is 0 Å². The third-order valence-electron chi connectivity index (χ3n) is 2.81. The van der Waals surface area contributed by atoms with E-state index in [1.54, 1.807) is 18.2 Å². The minimum atomic E-state index is -0.0615. The monoisotopic (exact) mass is 306 g/mol. The van der Waals surface area contributed by atoms with Crippen LogP contribution >= 0.6 is 15.9 Å². The highest BCUT2D eigenvalue weighted by molar-refractivity contribution is 9.10. The maximum Gasteiger partial charge on any atom is 0.197 e. The molecule has 1 aromatic heterocycles. The minimum absolute atomic E-state index is 0.0615. The van der Waals surface area contributed by atoms with Crippen LogP contribution in [0.3, 0.4) is 0 Å². The molecular formula is C14H11BrO3. The zero-order chi connectivity index (χ0) is 12.5. The third kappa shape index (κ3) is 2.34. The SMILES string of the molecule is O=C(c1ccc(OC2CC2)cc1)c1ccoc1Br. The van der Waals surface area contributed by atoms with E-state index >= 15 is 0 Å². The molecule has 3 rings (SSSR count). The fourth-order valence-corrected chi connectivity index (χ4v) is 2.09. The molecule has 0 atom stereocenters. The minimum Gasteiger partial charge on any atom is -0.490 e. The lowest BCUT2D eigenvalue weighted by atomic mass is 10.1. The first-order valence-electron chi connectivity index (χ1n) is 5.78. The molecule has 0 aliphatic heterocycles. The van der Waals surface area contributed by atoms with Crippen LogP contribution in [-0.4, -0.2) is 11.9 Å². The first-order valence-corrected chi connectivity index (χ1v) is 6.58. The Kier molecular flexibility index (Phi) is 2.96. The molecule has 0 amide bonds. The molecule has 1 aliphatic carbocycles. The highest BCUT2D eigenvalue weighted by Crippen LogP contribution is 2.27. The van der Waals surface area contributed by atoms with Crippen LogP contribution in [0.4, 0.5) is 0 Å². The predicted molar refractivity (Wildman–Crippen MR) is 69.9 cm³/mol. The standard InChI is InChI=1S/C14H11BrO3/c15-14-12(7-8-17-14)13(16)9-1-3-10(4-2-9)18-11-5-6-11/h1-4,7-8,11H,5-6H2. The van der Waals surface area contributed by atoms with Gasteiger partial charge in [0.15, 0.2) is 10.5 Å².